The van der Waals surface area contributed by atoms with Crippen LogP contribution >= 0.6 is 24.4 Å². The minimum atomic E-state index is 0.424. The van der Waals surface area contributed by atoms with Gasteiger partial charge in [0.25, 0.3) is 0 Å². The fraction of sp³-hybridized carbons (Fsp3) is 0. The van der Waals surface area contributed by atoms with E-state index in [-0.39, 0.29) is 0 Å². The molecule has 0 aliphatic carbocycles. The standard InChI is InChI=1S/2C13H8N6S/c2*20-13(18-11-7-3-1-5-9(11)14-16-18)19-12-8-4-2-6-10(12)15-17-19/h2*1-8H. The lowest BCUT2D eigenvalue weighted by atomic mass is 10.3. The number of benzene rings is 4. The number of fused-ring (bicyclic) bond motifs is 4. The van der Waals surface area contributed by atoms with Crippen LogP contribution in [0, 0.1) is 0 Å². The average Bonchev–Trinajstić information content (AvgIpc) is 3.80. The van der Waals surface area contributed by atoms with Crippen molar-refractivity contribution in [1.29, 1.82) is 0 Å². The van der Waals surface area contributed by atoms with Crippen LogP contribution in [-0.4, -0.2) is 70.2 Å². The molecule has 0 amide bonds. The fourth-order valence-electron chi connectivity index (χ4n) is 4.22. The third-order valence-corrected chi connectivity index (χ3v) is 6.82. The van der Waals surface area contributed by atoms with Gasteiger partial charge >= 0.3 is 0 Å². The Hall–Kier alpha value is -5.34. The highest BCUT2D eigenvalue weighted by Crippen LogP contribution is 2.15. The van der Waals surface area contributed by atoms with Crippen LogP contribution in [0.5, 0.6) is 0 Å². The van der Waals surface area contributed by atoms with E-state index in [0.29, 0.717) is 10.2 Å². The topological polar surface area (TPSA) is 123 Å². The lowest BCUT2D eigenvalue weighted by Crippen LogP contribution is -2.21. The van der Waals surface area contributed by atoms with Gasteiger partial charge in [0, 0.05) is 0 Å². The molecular weight excluding hydrogens is 545 g/mol. The minimum absolute atomic E-state index is 0.424. The normalized spacial score (nSPS) is 11.2. The monoisotopic (exact) mass is 560 g/mol. The van der Waals surface area contributed by atoms with Crippen molar-refractivity contribution in [2.24, 2.45) is 0 Å². The molecule has 0 bridgehead atoms. The van der Waals surface area contributed by atoms with E-state index in [1.807, 2.05) is 97.1 Å². The molecule has 0 aliphatic rings. The van der Waals surface area contributed by atoms with Gasteiger partial charge in [-0.15, -0.1) is 20.4 Å². The molecule has 4 aromatic carbocycles. The van der Waals surface area contributed by atoms with Crippen molar-refractivity contribution < 1.29 is 0 Å². The molecule has 0 aliphatic heterocycles. The minimum Gasteiger partial charge on any atom is -0.184 e. The predicted molar refractivity (Wildman–Crippen MR) is 157 cm³/mol. The number of hydrogen-bond donors (Lipinski definition) is 0. The third-order valence-electron chi connectivity index (χ3n) is 6.13. The van der Waals surface area contributed by atoms with Gasteiger partial charge in [0.2, 0.25) is 10.2 Å². The second-order valence-corrected chi connectivity index (χ2v) is 9.26. The van der Waals surface area contributed by atoms with Gasteiger partial charge in [0.05, 0.1) is 22.1 Å². The molecule has 0 radical (unpaired) electrons. The molecule has 0 saturated heterocycles. The van der Waals surface area contributed by atoms with Gasteiger partial charge in [-0.05, 0) is 73.0 Å². The van der Waals surface area contributed by atoms with Gasteiger partial charge in [0.1, 0.15) is 22.1 Å². The summed E-state index contributed by atoms with van der Waals surface area (Å²) in [5.41, 5.74) is 6.54. The maximum absolute atomic E-state index is 5.47. The van der Waals surface area contributed by atoms with Gasteiger partial charge in [-0.1, -0.05) is 69.4 Å². The average molecular weight is 561 g/mol. The molecule has 8 aromatic rings. The van der Waals surface area contributed by atoms with Crippen LogP contribution in [0.25, 0.3) is 44.1 Å². The molecule has 0 atom stereocenters. The van der Waals surface area contributed by atoms with Crippen molar-refractivity contribution in [1.82, 2.24) is 60.0 Å². The molecule has 192 valence electrons. The van der Waals surface area contributed by atoms with Crippen molar-refractivity contribution >= 4 is 78.8 Å². The maximum atomic E-state index is 5.47. The maximum Gasteiger partial charge on any atom is 0.225 e. The van der Waals surface area contributed by atoms with E-state index in [4.69, 9.17) is 24.4 Å². The van der Waals surface area contributed by atoms with Crippen LogP contribution in [0.3, 0.4) is 0 Å². The quantitative estimate of drug-likeness (QED) is 0.254. The van der Waals surface area contributed by atoms with Crippen molar-refractivity contribution in [2.45, 2.75) is 0 Å². The summed E-state index contributed by atoms with van der Waals surface area (Å²) in [6.45, 7) is 0. The Labute approximate surface area is 235 Å². The Kier molecular flexibility index (Phi) is 5.79. The van der Waals surface area contributed by atoms with Crippen molar-refractivity contribution in [3.8, 4) is 0 Å². The molecule has 0 N–H and O–H groups in total. The van der Waals surface area contributed by atoms with E-state index in [2.05, 4.69) is 41.2 Å². The molecule has 0 unspecified atom stereocenters. The smallest absolute Gasteiger partial charge is 0.184 e. The van der Waals surface area contributed by atoms with E-state index < -0.39 is 0 Å². The van der Waals surface area contributed by atoms with E-state index in [1.165, 1.54) is 0 Å². The van der Waals surface area contributed by atoms with Gasteiger partial charge in [-0.3, -0.25) is 0 Å². The third kappa shape index (κ3) is 3.98. The molecule has 0 fully saturated rings. The van der Waals surface area contributed by atoms with Gasteiger partial charge < -0.3 is 0 Å². The van der Waals surface area contributed by atoms with E-state index in [9.17, 15) is 0 Å². The first-order valence-corrected chi connectivity index (χ1v) is 12.8. The zero-order valence-electron chi connectivity index (χ0n) is 20.4. The fourth-order valence-corrected chi connectivity index (χ4v) is 4.76. The molecule has 8 rings (SSSR count). The SMILES string of the molecule is S=C(n1nnc2ccccc21)n1nnc2ccccc21.S=C(n1nnc2ccccc21)n1nnc2ccccc21. The summed E-state index contributed by atoms with van der Waals surface area (Å²) in [7, 11) is 0. The summed E-state index contributed by atoms with van der Waals surface area (Å²) in [6.07, 6.45) is 0. The number of aromatic nitrogens is 12. The van der Waals surface area contributed by atoms with Crippen LogP contribution in [0.15, 0.2) is 97.1 Å². The van der Waals surface area contributed by atoms with E-state index in [1.54, 1.807) is 18.7 Å². The van der Waals surface area contributed by atoms with Gasteiger partial charge in [0.15, 0.2) is 0 Å². The molecule has 14 heteroatoms. The summed E-state index contributed by atoms with van der Waals surface area (Å²) in [5.74, 6) is 0. The largest absolute Gasteiger partial charge is 0.225 e. The van der Waals surface area contributed by atoms with E-state index >= 15 is 0 Å². The Morgan fingerprint density at radius 2 is 0.600 bits per heavy atom. The lowest BCUT2D eigenvalue weighted by Gasteiger charge is -2.04. The summed E-state index contributed by atoms with van der Waals surface area (Å²) >= 11 is 10.9. The van der Waals surface area contributed by atoms with Crippen molar-refractivity contribution in [2.75, 3.05) is 0 Å². The highest BCUT2D eigenvalue weighted by molar-refractivity contribution is 7.80. The first-order valence-electron chi connectivity index (χ1n) is 12.0. The molecule has 0 spiro atoms. The number of para-hydroxylation sites is 4. The molecule has 0 saturated carbocycles. The first kappa shape index (κ1) is 23.8. The van der Waals surface area contributed by atoms with Gasteiger partial charge in [-0.2, -0.15) is 18.7 Å². The van der Waals surface area contributed by atoms with E-state index in [0.717, 1.165) is 44.1 Å². The van der Waals surface area contributed by atoms with Crippen LogP contribution < -0.4 is 0 Å². The highest BCUT2D eigenvalue weighted by Gasteiger charge is 2.15. The summed E-state index contributed by atoms with van der Waals surface area (Å²) < 4.78 is 6.36. The Bertz CT molecular complexity index is 1880. The van der Waals surface area contributed by atoms with Gasteiger partial charge in [-0.25, -0.2) is 0 Å². The zero-order valence-corrected chi connectivity index (χ0v) is 22.1. The molecular formula is C26H16N12S2. The second kappa shape index (κ2) is 9.76. The number of rotatable bonds is 0. The Balaban J connectivity index is 0.000000132. The zero-order chi connectivity index (χ0) is 27.1. The summed E-state index contributed by atoms with van der Waals surface area (Å²) in [4.78, 5) is 0. The first-order chi connectivity index (χ1) is 19.7. The second-order valence-electron chi connectivity index (χ2n) is 8.52. The molecule has 4 heterocycles. The van der Waals surface area contributed by atoms with Crippen LogP contribution in [0.4, 0.5) is 0 Å². The summed E-state index contributed by atoms with van der Waals surface area (Å²) in [5, 5.41) is 33.6. The number of thiocarbonyl (C=S) groups is 2. The Morgan fingerprint density at radius 1 is 0.375 bits per heavy atom. The Morgan fingerprint density at radius 3 is 0.850 bits per heavy atom. The van der Waals surface area contributed by atoms with Crippen molar-refractivity contribution in [3.05, 3.63) is 97.1 Å². The van der Waals surface area contributed by atoms with Crippen LogP contribution in [-0.2, 0) is 0 Å². The number of nitrogens with zero attached hydrogens (tertiary/aromatic N) is 12. The number of hydrogen-bond acceptors (Lipinski definition) is 10. The highest BCUT2D eigenvalue weighted by atomic mass is 32.1. The molecule has 40 heavy (non-hydrogen) atoms. The van der Waals surface area contributed by atoms with Crippen molar-refractivity contribution in [3.63, 3.8) is 0 Å². The summed E-state index contributed by atoms with van der Waals surface area (Å²) in [6, 6.07) is 30.6. The molecule has 12 nitrogen and oxygen atoms in total. The van der Waals surface area contributed by atoms with Crippen LogP contribution in [0.1, 0.15) is 0 Å². The lowest BCUT2D eigenvalue weighted by molar-refractivity contribution is 0.790. The molecule has 4 aromatic heterocycles. The van der Waals surface area contributed by atoms with Crippen LogP contribution in [0.2, 0.25) is 0 Å². The predicted octanol–water partition coefficient (Wildman–Crippen LogP) is 3.71.